The summed E-state index contributed by atoms with van der Waals surface area (Å²) in [6, 6.07) is 11.5. The van der Waals surface area contributed by atoms with E-state index in [1.54, 1.807) is 22.8 Å². The molecule has 7 nitrogen and oxygen atoms in total. The third-order valence-electron chi connectivity index (χ3n) is 8.17. The minimum atomic E-state index is -1.59. The number of fused-ring (bicyclic) bond motifs is 1. The summed E-state index contributed by atoms with van der Waals surface area (Å²) in [5.74, 6) is 0.512. The summed E-state index contributed by atoms with van der Waals surface area (Å²) >= 11 is 6.70. The second kappa shape index (κ2) is 9.49. The summed E-state index contributed by atoms with van der Waals surface area (Å²) in [6.45, 7) is 3.46. The molecule has 0 spiro atoms. The number of nitrogens with zero attached hydrogens (tertiary/aromatic N) is 4. The van der Waals surface area contributed by atoms with Crippen LogP contribution in [0.1, 0.15) is 71.0 Å². The first-order valence-corrected chi connectivity index (χ1v) is 13.3. The lowest BCUT2D eigenvalue weighted by molar-refractivity contribution is -0.139. The van der Waals surface area contributed by atoms with Crippen LogP contribution in [0.3, 0.4) is 0 Å². The van der Waals surface area contributed by atoms with Crippen LogP contribution in [0.15, 0.2) is 42.7 Å². The Morgan fingerprint density at radius 1 is 1.24 bits per heavy atom. The van der Waals surface area contributed by atoms with Gasteiger partial charge in [0.15, 0.2) is 5.67 Å². The maximum atomic E-state index is 15.8. The lowest BCUT2D eigenvalue weighted by Gasteiger charge is -2.40. The molecule has 1 N–H and O–H groups in total. The number of ether oxygens (including phenoxy) is 1. The van der Waals surface area contributed by atoms with E-state index in [0.717, 1.165) is 29.2 Å². The molecule has 0 bridgehead atoms. The highest BCUT2D eigenvalue weighted by atomic mass is 35.5. The molecule has 194 valence electrons. The van der Waals surface area contributed by atoms with Crippen molar-refractivity contribution in [1.29, 1.82) is 0 Å². The van der Waals surface area contributed by atoms with Crippen LogP contribution in [0, 0.1) is 5.92 Å². The first-order valence-electron chi connectivity index (χ1n) is 12.9. The van der Waals surface area contributed by atoms with E-state index in [1.165, 1.54) is 19.3 Å². The van der Waals surface area contributed by atoms with E-state index in [0.29, 0.717) is 28.6 Å². The van der Waals surface area contributed by atoms with E-state index in [4.69, 9.17) is 16.3 Å². The number of halogens is 2. The quantitative estimate of drug-likeness (QED) is 0.452. The van der Waals surface area contributed by atoms with Gasteiger partial charge in [-0.05, 0) is 67.6 Å². The average Bonchev–Trinajstić information content (AvgIpc) is 3.40. The van der Waals surface area contributed by atoms with Gasteiger partial charge in [0.1, 0.15) is 12.2 Å². The molecule has 2 atom stereocenters. The Balaban J connectivity index is 1.28. The van der Waals surface area contributed by atoms with Crippen LogP contribution in [0.2, 0.25) is 5.02 Å². The average molecular weight is 524 g/mol. The molecule has 9 heteroatoms. The summed E-state index contributed by atoms with van der Waals surface area (Å²) in [6.07, 6.45) is 5.45. The van der Waals surface area contributed by atoms with Crippen LogP contribution in [0.25, 0.3) is 0 Å². The number of aryl methyl sites for hydroxylation is 1. The third kappa shape index (κ3) is 4.35. The number of alkyl halides is 1. The number of hydrogen-bond acceptors (Lipinski definition) is 5. The molecule has 1 amide bonds. The van der Waals surface area contributed by atoms with Gasteiger partial charge in [-0.3, -0.25) is 4.79 Å². The fourth-order valence-electron chi connectivity index (χ4n) is 5.57. The molecule has 2 aliphatic heterocycles. The van der Waals surface area contributed by atoms with Gasteiger partial charge in [0.2, 0.25) is 0 Å². The van der Waals surface area contributed by atoms with E-state index in [2.05, 4.69) is 22.4 Å². The Bertz CT molecular complexity index is 1340. The predicted octanol–water partition coefficient (Wildman–Crippen LogP) is 4.95. The topological polar surface area (TPSA) is 72.3 Å². The van der Waals surface area contributed by atoms with Crippen molar-refractivity contribution >= 4 is 23.2 Å². The number of nitrogens with one attached hydrogen (secondary N) is 1. The number of benzene rings is 2. The number of anilines is 1. The van der Waals surface area contributed by atoms with Gasteiger partial charge >= 0.3 is 0 Å². The lowest BCUT2D eigenvalue weighted by Crippen LogP contribution is -2.51. The summed E-state index contributed by atoms with van der Waals surface area (Å²) in [5.41, 5.74) is 2.31. The number of aromatic nitrogens is 3. The fraction of sp³-hybridized carbons (Fsp3) is 0.464. The van der Waals surface area contributed by atoms with Crippen molar-refractivity contribution in [3.8, 4) is 0 Å². The van der Waals surface area contributed by atoms with Gasteiger partial charge in [0.25, 0.3) is 5.91 Å². The van der Waals surface area contributed by atoms with Gasteiger partial charge in [-0.15, -0.1) is 10.2 Å². The highest BCUT2D eigenvalue weighted by molar-refractivity contribution is 6.32. The number of carbonyl (C=O) groups is 1. The van der Waals surface area contributed by atoms with Gasteiger partial charge in [0.05, 0.1) is 25.7 Å². The van der Waals surface area contributed by atoms with E-state index in [-0.39, 0.29) is 25.2 Å². The van der Waals surface area contributed by atoms with Crippen molar-refractivity contribution < 1.29 is 13.9 Å². The van der Waals surface area contributed by atoms with Gasteiger partial charge in [0, 0.05) is 34.9 Å². The van der Waals surface area contributed by atoms with Crippen LogP contribution in [-0.4, -0.2) is 46.1 Å². The monoisotopic (exact) mass is 523 g/mol. The second-order valence-electron chi connectivity index (χ2n) is 10.7. The van der Waals surface area contributed by atoms with Crippen LogP contribution >= 0.6 is 11.6 Å². The fourth-order valence-corrected chi connectivity index (χ4v) is 5.86. The third-order valence-corrected chi connectivity index (χ3v) is 8.51. The zero-order valence-corrected chi connectivity index (χ0v) is 21.8. The molecular formula is C28H31ClFN5O2. The Kier molecular flexibility index (Phi) is 6.29. The molecule has 6 rings (SSSR count). The molecule has 1 saturated carbocycles. The summed E-state index contributed by atoms with van der Waals surface area (Å²) in [5, 5.41) is 12.4. The smallest absolute Gasteiger partial charge is 0.258 e. The zero-order chi connectivity index (χ0) is 25.7. The molecule has 37 heavy (non-hydrogen) atoms. The van der Waals surface area contributed by atoms with E-state index in [1.807, 2.05) is 36.4 Å². The van der Waals surface area contributed by atoms with Gasteiger partial charge in [-0.2, -0.15) is 0 Å². The van der Waals surface area contributed by atoms with Crippen molar-refractivity contribution in [2.75, 3.05) is 24.7 Å². The molecule has 3 aromatic rings. The molecule has 3 heterocycles. The van der Waals surface area contributed by atoms with E-state index >= 15 is 4.39 Å². The summed E-state index contributed by atoms with van der Waals surface area (Å²) in [4.78, 5) is 15.3. The van der Waals surface area contributed by atoms with Crippen molar-refractivity contribution in [2.24, 2.45) is 13.0 Å². The normalized spacial score (nSPS) is 20.3. The van der Waals surface area contributed by atoms with Crippen LogP contribution in [0.4, 0.5) is 10.1 Å². The van der Waals surface area contributed by atoms with Crippen LogP contribution in [0.5, 0.6) is 0 Å². The molecule has 1 saturated heterocycles. The predicted molar refractivity (Wildman–Crippen MR) is 140 cm³/mol. The molecule has 1 aromatic heterocycles. The van der Waals surface area contributed by atoms with Gasteiger partial charge in [-0.1, -0.05) is 30.2 Å². The Morgan fingerprint density at radius 3 is 2.70 bits per heavy atom. The Hall–Kier alpha value is -2.81. The highest BCUT2D eigenvalue weighted by Gasteiger charge is 2.50. The Labute approximate surface area is 221 Å². The first-order chi connectivity index (χ1) is 17.8. The number of carbonyl (C=O) groups excluding carboxylic acids is 1. The second-order valence-corrected chi connectivity index (χ2v) is 11.1. The number of amides is 1. The number of hydrogen-bond donors (Lipinski definition) is 1. The molecule has 2 fully saturated rings. The van der Waals surface area contributed by atoms with Crippen molar-refractivity contribution in [3.63, 3.8) is 0 Å². The molecule has 1 aliphatic carbocycles. The van der Waals surface area contributed by atoms with E-state index < -0.39 is 11.6 Å². The maximum absolute atomic E-state index is 15.8. The zero-order valence-electron chi connectivity index (χ0n) is 21.1. The highest BCUT2D eigenvalue weighted by Crippen LogP contribution is 2.43. The van der Waals surface area contributed by atoms with Gasteiger partial charge in [-0.25, -0.2) is 4.39 Å². The minimum Gasteiger partial charge on any atom is -0.375 e. The van der Waals surface area contributed by atoms with Crippen LogP contribution in [-0.2, 0) is 18.3 Å². The largest absolute Gasteiger partial charge is 0.375 e. The molecule has 3 aliphatic rings. The van der Waals surface area contributed by atoms with Crippen molar-refractivity contribution in [1.82, 2.24) is 20.1 Å². The minimum absolute atomic E-state index is 0.00576. The molecule has 0 unspecified atom stereocenters. The maximum Gasteiger partial charge on any atom is 0.258 e. The molecular weight excluding hydrogens is 493 g/mol. The molecule has 0 radical (unpaired) electrons. The first kappa shape index (κ1) is 24.5. The molecule has 2 aromatic carbocycles. The van der Waals surface area contributed by atoms with Crippen LogP contribution < -0.4 is 10.2 Å². The van der Waals surface area contributed by atoms with Gasteiger partial charge < -0.3 is 19.5 Å². The van der Waals surface area contributed by atoms with Crippen molar-refractivity contribution in [2.45, 2.75) is 50.4 Å². The van der Waals surface area contributed by atoms with E-state index in [9.17, 15) is 4.79 Å². The standard InChI is InChI=1S/C28H31ClFN5O2/c1-17(31-12-18-5-3-6-18)20-10-22-23(24(29)11-20)13-35(27(22)36)21-8-4-7-19(9-21)25(28(30)14-37-15-28)26-33-32-16-34(26)2/h4,7-11,16-18,25,31H,3,5-6,12-15H2,1-2H3/t17-,25+/m0/s1. The summed E-state index contributed by atoms with van der Waals surface area (Å²) in [7, 11) is 1.80. The lowest BCUT2D eigenvalue weighted by atomic mass is 9.81. The summed E-state index contributed by atoms with van der Waals surface area (Å²) < 4.78 is 22.8. The number of rotatable bonds is 8. The van der Waals surface area contributed by atoms with Crippen molar-refractivity contribution in [3.05, 3.63) is 75.8 Å². The Morgan fingerprint density at radius 2 is 2.05 bits per heavy atom. The SMILES string of the molecule is C[C@H](NCC1CCC1)c1cc(Cl)c2c(c1)C(=O)N(c1cccc([C@H](c3nncn3C)C3(F)COC3)c1)C2.